The van der Waals surface area contributed by atoms with Gasteiger partial charge in [0.05, 0.1) is 11.4 Å². The maximum Gasteiger partial charge on any atom is 0.378 e. The molecule has 0 aliphatic rings. The predicted molar refractivity (Wildman–Crippen MR) is 74.2 cm³/mol. The Kier molecular flexibility index (Phi) is 3.44. The summed E-state index contributed by atoms with van der Waals surface area (Å²) in [6, 6.07) is 10.6. The molecule has 5 heteroatoms. The number of hydrogen-bond acceptors (Lipinski definition) is 3. The summed E-state index contributed by atoms with van der Waals surface area (Å²) in [5.41, 5.74) is 1.13. The van der Waals surface area contributed by atoms with E-state index in [2.05, 4.69) is 5.10 Å². The number of carbonyl (C=O) groups is 2. The number of carbonyl (C=O) groups excluding carboxylic acids is 1. The number of carboxylic acids is 1. The molecule has 0 aliphatic carbocycles. The SMILES string of the molecule is CC(C)(C)c1cc(C(=O)C(=O)O)n(-c2ccccc2)n1. The Balaban J connectivity index is 2.63. The average molecular weight is 272 g/mol. The molecular weight excluding hydrogens is 256 g/mol. The number of benzene rings is 1. The highest BCUT2D eigenvalue weighted by molar-refractivity contribution is 6.39. The van der Waals surface area contributed by atoms with Gasteiger partial charge < -0.3 is 5.11 Å². The minimum atomic E-state index is -1.48. The summed E-state index contributed by atoms with van der Waals surface area (Å²) in [6.45, 7) is 5.87. The van der Waals surface area contributed by atoms with Crippen LogP contribution in [0.25, 0.3) is 5.69 Å². The summed E-state index contributed by atoms with van der Waals surface area (Å²) in [5, 5.41) is 13.3. The highest BCUT2D eigenvalue weighted by Crippen LogP contribution is 2.23. The van der Waals surface area contributed by atoms with Gasteiger partial charge in [0.25, 0.3) is 5.78 Å². The van der Waals surface area contributed by atoms with Gasteiger partial charge in [-0.2, -0.15) is 5.10 Å². The number of carboxylic acid groups (broad SMARTS) is 1. The zero-order valence-electron chi connectivity index (χ0n) is 11.6. The minimum Gasteiger partial charge on any atom is -0.475 e. The number of ketones is 1. The minimum absolute atomic E-state index is 0.0635. The number of hydrogen-bond donors (Lipinski definition) is 1. The molecule has 104 valence electrons. The third-order valence-corrected chi connectivity index (χ3v) is 2.91. The molecule has 0 unspecified atom stereocenters. The van der Waals surface area contributed by atoms with E-state index in [-0.39, 0.29) is 11.1 Å². The van der Waals surface area contributed by atoms with Crippen molar-refractivity contribution in [3.63, 3.8) is 0 Å². The molecule has 0 atom stereocenters. The number of rotatable bonds is 3. The average Bonchev–Trinajstić information content (AvgIpc) is 2.83. The van der Waals surface area contributed by atoms with E-state index in [1.807, 2.05) is 39.0 Å². The van der Waals surface area contributed by atoms with E-state index in [1.54, 1.807) is 18.2 Å². The van der Waals surface area contributed by atoms with Crippen LogP contribution >= 0.6 is 0 Å². The molecule has 0 bridgehead atoms. The fourth-order valence-corrected chi connectivity index (χ4v) is 1.78. The molecular formula is C15H16N2O3. The number of aromatic nitrogens is 2. The maximum absolute atomic E-state index is 11.8. The number of nitrogens with zero attached hydrogens (tertiary/aromatic N) is 2. The first-order valence-electron chi connectivity index (χ1n) is 6.24. The first-order valence-corrected chi connectivity index (χ1v) is 6.24. The van der Waals surface area contributed by atoms with E-state index >= 15 is 0 Å². The van der Waals surface area contributed by atoms with E-state index < -0.39 is 11.8 Å². The van der Waals surface area contributed by atoms with E-state index in [1.165, 1.54) is 4.68 Å². The Bertz CT molecular complexity index is 652. The first kappa shape index (κ1) is 14.0. The van der Waals surface area contributed by atoms with E-state index in [4.69, 9.17) is 5.11 Å². The highest BCUT2D eigenvalue weighted by atomic mass is 16.4. The van der Waals surface area contributed by atoms with Gasteiger partial charge in [-0.15, -0.1) is 0 Å². The van der Waals surface area contributed by atoms with Gasteiger partial charge >= 0.3 is 5.97 Å². The number of para-hydroxylation sites is 1. The van der Waals surface area contributed by atoms with Crippen LogP contribution in [-0.4, -0.2) is 26.6 Å². The summed E-state index contributed by atoms with van der Waals surface area (Å²) in [7, 11) is 0. The summed E-state index contributed by atoms with van der Waals surface area (Å²) in [4.78, 5) is 22.8. The zero-order valence-corrected chi connectivity index (χ0v) is 11.6. The summed E-state index contributed by atoms with van der Waals surface area (Å²) in [6.07, 6.45) is 0. The van der Waals surface area contributed by atoms with Crippen LogP contribution in [0.5, 0.6) is 0 Å². The van der Waals surface area contributed by atoms with Crippen LogP contribution < -0.4 is 0 Å². The molecule has 1 aromatic carbocycles. The second-order valence-corrected chi connectivity index (χ2v) is 5.55. The third kappa shape index (κ3) is 2.61. The molecule has 0 saturated heterocycles. The second kappa shape index (κ2) is 4.92. The van der Waals surface area contributed by atoms with Gasteiger partial charge in [0.2, 0.25) is 0 Å². The molecule has 1 heterocycles. The van der Waals surface area contributed by atoms with Gasteiger partial charge in [0.15, 0.2) is 0 Å². The lowest BCUT2D eigenvalue weighted by molar-refractivity contribution is -0.131. The summed E-state index contributed by atoms with van der Waals surface area (Å²) >= 11 is 0. The van der Waals surface area contributed by atoms with E-state index in [0.29, 0.717) is 11.4 Å². The molecule has 5 nitrogen and oxygen atoms in total. The molecule has 2 aromatic rings. The quantitative estimate of drug-likeness (QED) is 0.688. The van der Waals surface area contributed by atoms with Crippen LogP contribution in [0.15, 0.2) is 36.4 Å². The Morgan fingerprint density at radius 2 is 1.75 bits per heavy atom. The monoisotopic (exact) mass is 272 g/mol. The fourth-order valence-electron chi connectivity index (χ4n) is 1.78. The van der Waals surface area contributed by atoms with Crippen LogP contribution in [0.3, 0.4) is 0 Å². The molecule has 0 radical (unpaired) electrons. The van der Waals surface area contributed by atoms with Gasteiger partial charge in [-0.3, -0.25) is 4.79 Å². The van der Waals surface area contributed by atoms with Gasteiger partial charge in [-0.05, 0) is 18.2 Å². The normalized spacial score (nSPS) is 11.3. The third-order valence-electron chi connectivity index (χ3n) is 2.91. The standard InChI is InChI=1S/C15H16N2O3/c1-15(2,3)12-9-11(13(18)14(19)20)17(16-12)10-7-5-4-6-8-10/h4-9H,1-3H3,(H,19,20). The van der Waals surface area contributed by atoms with Crippen molar-refractivity contribution in [2.24, 2.45) is 0 Å². The molecule has 0 amide bonds. The van der Waals surface area contributed by atoms with Gasteiger partial charge in [0, 0.05) is 5.41 Å². The lowest BCUT2D eigenvalue weighted by atomic mass is 9.92. The molecule has 0 fully saturated rings. The van der Waals surface area contributed by atoms with Crippen LogP contribution in [0, 0.1) is 0 Å². The maximum atomic E-state index is 11.8. The van der Waals surface area contributed by atoms with Crippen molar-refractivity contribution in [1.82, 2.24) is 9.78 Å². The van der Waals surface area contributed by atoms with Crippen molar-refractivity contribution >= 4 is 11.8 Å². The lowest BCUT2D eigenvalue weighted by Crippen LogP contribution is -2.17. The lowest BCUT2D eigenvalue weighted by Gasteiger charge is -2.14. The molecule has 1 N–H and O–H groups in total. The molecule has 0 spiro atoms. The van der Waals surface area contributed by atoms with Crippen LogP contribution in [0.1, 0.15) is 37.0 Å². The van der Waals surface area contributed by atoms with Crippen LogP contribution in [0.4, 0.5) is 0 Å². The smallest absolute Gasteiger partial charge is 0.378 e. The second-order valence-electron chi connectivity index (χ2n) is 5.55. The van der Waals surface area contributed by atoms with Crippen molar-refractivity contribution in [1.29, 1.82) is 0 Å². The fraction of sp³-hybridized carbons (Fsp3) is 0.267. The Morgan fingerprint density at radius 1 is 1.15 bits per heavy atom. The van der Waals surface area contributed by atoms with Crippen molar-refractivity contribution in [2.45, 2.75) is 26.2 Å². The predicted octanol–water partition coefficient (Wildman–Crippen LogP) is 2.44. The van der Waals surface area contributed by atoms with Crippen molar-refractivity contribution in [3.8, 4) is 5.69 Å². The van der Waals surface area contributed by atoms with Crippen LogP contribution in [0.2, 0.25) is 0 Å². The highest BCUT2D eigenvalue weighted by Gasteiger charge is 2.26. The molecule has 0 saturated carbocycles. The molecule has 20 heavy (non-hydrogen) atoms. The van der Waals surface area contributed by atoms with Crippen molar-refractivity contribution < 1.29 is 14.7 Å². The van der Waals surface area contributed by atoms with E-state index in [0.717, 1.165) is 0 Å². The molecule has 2 rings (SSSR count). The van der Waals surface area contributed by atoms with Crippen molar-refractivity contribution in [2.75, 3.05) is 0 Å². The van der Waals surface area contributed by atoms with Crippen LogP contribution in [-0.2, 0) is 10.2 Å². The molecule has 1 aromatic heterocycles. The van der Waals surface area contributed by atoms with Crippen molar-refractivity contribution in [3.05, 3.63) is 47.8 Å². The van der Waals surface area contributed by atoms with Gasteiger partial charge in [-0.25, -0.2) is 9.48 Å². The van der Waals surface area contributed by atoms with Gasteiger partial charge in [0.1, 0.15) is 5.69 Å². The summed E-state index contributed by atoms with van der Waals surface area (Å²) in [5.74, 6) is -2.45. The first-order chi connectivity index (χ1) is 9.30. The Hall–Kier alpha value is -2.43. The molecule has 0 aliphatic heterocycles. The zero-order chi connectivity index (χ0) is 14.9. The summed E-state index contributed by atoms with van der Waals surface area (Å²) < 4.78 is 1.39. The van der Waals surface area contributed by atoms with Gasteiger partial charge in [-0.1, -0.05) is 39.0 Å². The topological polar surface area (TPSA) is 72.2 Å². The van der Waals surface area contributed by atoms with E-state index in [9.17, 15) is 9.59 Å². The number of Topliss-reactive ketones (excluding diaryl/α,β-unsaturated/α-hetero) is 1. The Morgan fingerprint density at radius 3 is 2.25 bits per heavy atom. The Labute approximate surface area is 116 Å². The number of aliphatic carboxylic acids is 1. The largest absolute Gasteiger partial charge is 0.475 e.